The van der Waals surface area contributed by atoms with Crippen molar-refractivity contribution >= 4 is 50.7 Å². The third-order valence-corrected chi connectivity index (χ3v) is 7.05. The summed E-state index contributed by atoms with van der Waals surface area (Å²) >= 11 is 6.48. The van der Waals surface area contributed by atoms with Gasteiger partial charge in [0.25, 0.3) is 10.9 Å². The summed E-state index contributed by atoms with van der Waals surface area (Å²) in [6, 6.07) is 1.69. The minimum Gasteiger partial charge on any atom is -0.610 e. The molecule has 2 heterocycles. The molecule has 1 fully saturated rings. The molecule has 0 spiro atoms. The lowest BCUT2D eigenvalue weighted by Gasteiger charge is -2.13. The van der Waals surface area contributed by atoms with Crippen LogP contribution in [0.3, 0.4) is 0 Å². The number of nitrogens with zero attached hydrogens (tertiary/aromatic N) is 2. The molecule has 1 unspecified atom stereocenters. The number of pyridine rings is 1. The summed E-state index contributed by atoms with van der Waals surface area (Å²) in [6.07, 6.45) is 10.6. The number of aromatic nitrogens is 2. The first-order chi connectivity index (χ1) is 13.1. The van der Waals surface area contributed by atoms with Crippen LogP contribution in [-0.2, 0) is 16.0 Å². The first kappa shape index (κ1) is 20.3. The molecule has 3 rings (SSSR count). The van der Waals surface area contributed by atoms with Crippen LogP contribution in [0.2, 0.25) is 5.02 Å². The predicted octanol–water partition coefficient (Wildman–Crippen LogP) is 4.92. The molecule has 0 saturated heterocycles. The normalized spacial score (nSPS) is 16.5. The van der Waals surface area contributed by atoms with Crippen molar-refractivity contribution in [1.82, 2.24) is 9.97 Å². The average Bonchev–Trinajstić information content (AvgIpc) is 3.33. The number of halogens is 1. The number of nitrogens with one attached hydrogen (secondary N) is 1. The minimum absolute atomic E-state index is 0.225. The zero-order valence-corrected chi connectivity index (χ0v) is 17.5. The van der Waals surface area contributed by atoms with Gasteiger partial charge in [-0.05, 0) is 31.2 Å². The van der Waals surface area contributed by atoms with Crippen LogP contribution in [0.15, 0.2) is 34.9 Å². The van der Waals surface area contributed by atoms with Gasteiger partial charge in [-0.2, -0.15) is 0 Å². The fourth-order valence-corrected chi connectivity index (χ4v) is 5.09. The molecule has 0 aliphatic heterocycles. The number of carbonyl (C=O) groups excluding carboxylic acids is 1. The average molecular weight is 424 g/mol. The minimum atomic E-state index is -1.23. The first-order valence-corrected chi connectivity index (χ1v) is 11.6. The summed E-state index contributed by atoms with van der Waals surface area (Å²) in [5, 5.41) is 5.92. The standard InChI is InChI=1S/C19H22ClN3O2S2/c1-2-9-27(25)18-16(20)11-14(12-22-18)15(10-13-5-3-4-6-13)17(24)23-19-21-7-8-26-19/h7-8,10-13H,2-6,9H2,1H3,(H,21,23,24). The Labute approximate surface area is 171 Å². The van der Waals surface area contributed by atoms with Crippen molar-refractivity contribution in [3.63, 3.8) is 0 Å². The highest BCUT2D eigenvalue weighted by atomic mass is 35.5. The van der Waals surface area contributed by atoms with Gasteiger partial charge in [0.1, 0.15) is 10.8 Å². The molecular formula is C19H22ClN3O2S2. The highest BCUT2D eigenvalue weighted by Gasteiger charge is 2.22. The SMILES string of the molecule is CCC[S+]([O-])c1ncc(C(=CC2CCCC2)C(=O)Nc2nccs2)cc1Cl. The number of hydrogen-bond donors (Lipinski definition) is 1. The topological polar surface area (TPSA) is 77.9 Å². The number of thiazole rings is 1. The van der Waals surface area contributed by atoms with Crippen molar-refractivity contribution in [1.29, 1.82) is 0 Å². The Morgan fingerprint density at radius 3 is 2.85 bits per heavy atom. The van der Waals surface area contributed by atoms with Crippen molar-refractivity contribution in [3.05, 3.63) is 40.5 Å². The Balaban J connectivity index is 1.90. The largest absolute Gasteiger partial charge is 0.610 e. The first-order valence-electron chi connectivity index (χ1n) is 9.05. The molecule has 1 N–H and O–H groups in total. The maximum Gasteiger partial charge on any atom is 0.263 e. The third kappa shape index (κ3) is 5.31. The van der Waals surface area contributed by atoms with E-state index in [1.165, 1.54) is 24.2 Å². The van der Waals surface area contributed by atoms with Gasteiger partial charge in [0.2, 0.25) is 0 Å². The predicted molar refractivity (Wildman–Crippen MR) is 111 cm³/mol. The van der Waals surface area contributed by atoms with Crippen LogP contribution in [-0.4, -0.2) is 26.2 Å². The highest BCUT2D eigenvalue weighted by molar-refractivity contribution is 7.91. The van der Waals surface area contributed by atoms with Gasteiger partial charge in [-0.15, -0.1) is 11.3 Å². The molecule has 0 radical (unpaired) electrons. The van der Waals surface area contributed by atoms with E-state index in [1.807, 2.05) is 18.4 Å². The second-order valence-electron chi connectivity index (χ2n) is 6.48. The van der Waals surface area contributed by atoms with E-state index in [1.54, 1.807) is 18.5 Å². The highest BCUT2D eigenvalue weighted by Crippen LogP contribution is 2.31. The van der Waals surface area contributed by atoms with Gasteiger partial charge >= 0.3 is 0 Å². The lowest BCUT2D eigenvalue weighted by Crippen LogP contribution is -2.15. The Kier molecular flexibility index (Phi) is 7.29. The summed E-state index contributed by atoms with van der Waals surface area (Å²) in [5.74, 6) is 0.660. The van der Waals surface area contributed by atoms with E-state index >= 15 is 0 Å². The fraction of sp³-hybridized carbons (Fsp3) is 0.421. The van der Waals surface area contributed by atoms with Crippen LogP contribution in [0.5, 0.6) is 0 Å². The molecule has 8 heteroatoms. The number of carbonyl (C=O) groups is 1. The Morgan fingerprint density at radius 1 is 1.44 bits per heavy atom. The lowest BCUT2D eigenvalue weighted by molar-refractivity contribution is -0.111. The molecule has 1 aliphatic rings. The Hall–Kier alpha value is -1.41. The zero-order valence-electron chi connectivity index (χ0n) is 15.1. The zero-order chi connectivity index (χ0) is 19.2. The Bertz CT molecular complexity index is 805. The van der Waals surface area contributed by atoms with Crippen LogP contribution >= 0.6 is 22.9 Å². The van der Waals surface area contributed by atoms with Gasteiger partial charge in [-0.3, -0.25) is 10.1 Å². The van der Waals surface area contributed by atoms with Gasteiger partial charge in [-0.1, -0.05) is 37.4 Å². The van der Waals surface area contributed by atoms with Crippen molar-refractivity contribution in [3.8, 4) is 0 Å². The van der Waals surface area contributed by atoms with E-state index in [0.29, 0.717) is 38.0 Å². The maximum absolute atomic E-state index is 12.9. The van der Waals surface area contributed by atoms with Gasteiger partial charge in [0.15, 0.2) is 5.13 Å². The molecular weight excluding hydrogens is 402 g/mol. The fourth-order valence-electron chi connectivity index (χ4n) is 3.13. The van der Waals surface area contributed by atoms with E-state index < -0.39 is 11.2 Å². The molecule has 1 saturated carbocycles. The molecule has 1 aliphatic carbocycles. The second-order valence-corrected chi connectivity index (χ2v) is 9.26. The molecule has 1 amide bonds. The van der Waals surface area contributed by atoms with E-state index in [4.69, 9.17) is 11.6 Å². The number of anilines is 1. The Morgan fingerprint density at radius 2 is 2.22 bits per heavy atom. The lowest BCUT2D eigenvalue weighted by atomic mass is 9.99. The summed E-state index contributed by atoms with van der Waals surface area (Å²) in [6.45, 7) is 1.96. The number of rotatable bonds is 7. The van der Waals surface area contributed by atoms with Crippen molar-refractivity contribution in [2.75, 3.05) is 11.1 Å². The summed E-state index contributed by atoms with van der Waals surface area (Å²) in [7, 11) is 0. The number of hydrogen-bond acceptors (Lipinski definition) is 5. The van der Waals surface area contributed by atoms with E-state index in [9.17, 15) is 9.35 Å². The van der Waals surface area contributed by atoms with Crippen molar-refractivity contribution in [2.24, 2.45) is 5.92 Å². The van der Waals surface area contributed by atoms with Crippen LogP contribution in [0.1, 0.15) is 44.6 Å². The summed E-state index contributed by atoms with van der Waals surface area (Å²) in [5.41, 5.74) is 1.18. The van der Waals surface area contributed by atoms with Crippen LogP contribution in [0.4, 0.5) is 5.13 Å². The summed E-state index contributed by atoms with van der Waals surface area (Å²) in [4.78, 5) is 21.3. The molecule has 2 aromatic rings. The van der Waals surface area contributed by atoms with Gasteiger partial charge in [0.05, 0.1) is 0 Å². The van der Waals surface area contributed by atoms with Gasteiger partial charge in [0, 0.05) is 40.1 Å². The maximum atomic E-state index is 12.9. The monoisotopic (exact) mass is 423 g/mol. The second kappa shape index (κ2) is 9.68. The number of allylic oxidation sites excluding steroid dienone is 1. The molecule has 0 aromatic carbocycles. The molecule has 27 heavy (non-hydrogen) atoms. The summed E-state index contributed by atoms with van der Waals surface area (Å²) < 4.78 is 12.2. The smallest absolute Gasteiger partial charge is 0.263 e. The molecule has 0 bridgehead atoms. The number of amides is 1. The van der Waals surface area contributed by atoms with Crippen molar-refractivity contribution in [2.45, 2.75) is 44.1 Å². The molecule has 1 atom stereocenters. The van der Waals surface area contributed by atoms with Gasteiger partial charge < -0.3 is 4.55 Å². The molecule has 2 aromatic heterocycles. The van der Waals surface area contributed by atoms with E-state index in [0.717, 1.165) is 19.3 Å². The molecule has 144 valence electrons. The molecule has 5 nitrogen and oxygen atoms in total. The van der Waals surface area contributed by atoms with E-state index in [2.05, 4.69) is 15.3 Å². The van der Waals surface area contributed by atoms with Crippen LogP contribution < -0.4 is 5.32 Å². The van der Waals surface area contributed by atoms with Crippen LogP contribution in [0.25, 0.3) is 5.57 Å². The van der Waals surface area contributed by atoms with Crippen molar-refractivity contribution < 1.29 is 9.35 Å². The van der Waals surface area contributed by atoms with Crippen LogP contribution in [0, 0.1) is 5.92 Å². The van der Waals surface area contributed by atoms with Gasteiger partial charge in [-0.25, -0.2) is 9.97 Å². The van der Waals surface area contributed by atoms with E-state index in [-0.39, 0.29) is 5.91 Å². The third-order valence-electron chi connectivity index (χ3n) is 4.42. The quantitative estimate of drug-likeness (QED) is 0.506.